The van der Waals surface area contributed by atoms with Crippen molar-refractivity contribution in [1.82, 2.24) is 15.1 Å². The van der Waals surface area contributed by atoms with E-state index in [0.29, 0.717) is 45.4 Å². The van der Waals surface area contributed by atoms with Gasteiger partial charge in [-0.15, -0.1) is 6.54 Å². The molecular weight excluding hydrogens is 793 g/mol. The zero-order valence-corrected chi connectivity index (χ0v) is 41.4. The van der Waals surface area contributed by atoms with E-state index in [4.69, 9.17) is 19.7 Å². The molecule has 0 heterocycles. The van der Waals surface area contributed by atoms with Crippen LogP contribution in [0.5, 0.6) is 0 Å². The molecule has 4 N–H and O–H groups in total. The van der Waals surface area contributed by atoms with Gasteiger partial charge in [-0.05, 0) is 84.2 Å². The molecule has 0 aliphatic rings. The van der Waals surface area contributed by atoms with Crippen molar-refractivity contribution in [2.75, 3.05) is 67.6 Å². The highest BCUT2D eigenvalue weighted by molar-refractivity contribution is 5.93. The van der Waals surface area contributed by atoms with E-state index >= 15 is 0 Å². The van der Waals surface area contributed by atoms with Crippen LogP contribution < -0.4 is 5.32 Å². The second-order valence-corrected chi connectivity index (χ2v) is 15.2. The third kappa shape index (κ3) is 65.6. The zero-order valence-electron chi connectivity index (χ0n) is 41.4. The van der Waals surface area contributed by atoms with E-state index in [1.807, 2.05) is 28.1 Å². The van der Waals surface area contributed by atoms with Gasteiger partial charge in [-0.3, -0.25) is 19.2 Å². The van der Waals surface area contributed by atoms with E-state index in [1.54, 1.807) is 11.9 Å². The highest BCUT2D eigenvalue weighted by atomic mass is 16.5. The number of esters is 2. The van der Waals surface area contributed by atoms with Crippen LogP contribution in [0.4, 0.5) is 0 Å². The molecule has 0 aliphatic carbocycles. The topological polar surface area (TPSA) is 197 Å². The number of unbranched alkanes of at least 4 members (excludes halogenated alkanes) is 12. The molecule has 14 nitrogen and oxygen atoms in total. The third-order valence-electron chi connectivity index (χ3n) is 8.81. The Morgan fingerprint density at radius 2 is 1.00 bits per heavy atom. The summed E-state index contributed by atoms with van der Waals surface area (Å²) in [6.45, 7) is 17.2. The van der Waals surface area contributed by atoms with Crippen molar-refractivity contribution in [3.8, 4) is 0 Å². The number of carbonyl (C=O) groups excluding carboxylic acids is 5. The average Bonchev–Trinajstić information content (AvgIpc) is 3.23. The van der Waals surface area contributed by atoms with E-state index < -0.39 is 11.9 Å². The van der Waals surface area contributed by atoms with E-state index in [0.717, 1.165) is 109 Å². The van der Waals surface area contributed by atoms with Gasteiger partial charge in [-0.1, -0.05) is 99.3 Å². The first kappa shape index (κ1) is 67.6. The van der Waals surface area contributed by atoms with Crippen molar-refractivity contribution in [1.29, 1.82) is 0 Å². The highest BCUT2D eigenvalue weighted by Gasteiger charge is 2.08. The van der Waals surface area contributed by atoms with Gasteiger partial charge in [-0.2, -0.15) is 7.05 Å². The lowest BCUT2D eigenvalue weighted by atomic mass is 10.1. The van der Waals surface area contributed by atoms with Gasteiger partial charge in [0.15, 0.2) is 0 Å². The molecule has 0 bridgehead atoms. The summed E-state index contributed by atoms with van der Waals surface area (Å²) in [6, 6.07) is 0. The van der Waals surface area contributed by atoms with Gasteiger partial charge < -0.3 is 40.1 Å². The summed E-state index contributed by atoms with van der Waals surface area (Å²) < 4.78 is 10.3. The molecule has 14 heteroatoms. The lowest BCUT2D eigenvalue weighted by Crippen LogP contribution is -2.26. The normalized spacial score (nSPS) is 10.0. The van der Waals surface area contributed by atoms with Gasteiger partial charge >= 0.3 is 23.9 Å². The number of hydrogen-bond donors (Lipinski definition) is 2. The molecule has 0 aromatic carbocycles. The monoisotopic (exact) mass is 889 g/mol. The number of carboxylic acid groups (broad SMARTS) is 1. The van der Waals surface area contributed by atoms with Gasteiger partial charge in [0, 0.05) is 63.4 Å². The summed E-state index contributed by atoms with van der Waals surface area (Å²) in [4.78, 5) is 69.2. The molecule has 2 amide bonds. The number of aliphatic carboxylic acids is 1. The number of carboxylic acids is 1. The first-order valence-corrected chi connectivity index (χ1v) is 23.8. The van der Waals surface area contributed by atoms with Gasteiger partial charge in [0.25, 0.3) is 0 Å². The maximum atomic E-state index is 11.7. The van der Waals surface area contributed by atoms with Crippen molar-refractivity contribution in [3.05, 3.63) is 17.5 Å². The smallest absolute Gasteiger partial charge is 0.515 e. The highest BCUT2D eigenvalue weighted by Crippen LogP contribution is 2.08. The van der Waals surface area contributed by atoms with Crippen LogP contribution in [0.25, 0.3) is 5.32 Å². The molecule has 0 spiro atoms. The summed E-state index contributed by atoms with van der Waals surface area (Å²) >= 11 is 0. The fraction of sp³-hybridized carbons (Fsp3) is 0.833. The van der Waals surface area contributed by atoms with E-state index in [2.05, 4.69) is 45.3 Å². The first-order valence-electron chi connectivity index (χ1n) is 23.8. The third-order valence-corrected chi connectivity index (χ3v) is 8.81. The van der Waals surface area contributed by atoms with Crippen LogP contribution in [0.3, 0.4) is 0 Å². The van der Waals surface area contributed by atoms with Gasteiger partial charge in [0.05, 0.1) is 13.2 Å². The van der Waals surface area contributed by atoms with E-state index in [-0.39, 0.29) is 23.8 Å². The second kappa shape index (κ2) is 57.5. The Hall–Kier alpha value is -3.52. The first-order chi connectivity index (χ1) is 29.7. The summed E-state index contributed by atoms with van der Waals surface area (Å²) in [7, 11) is 7.29. The molecular formula is C48H96N4O10. The number of ether oxygens (including phenoxy) is 2. The minimum absolute atomic E-state index is 0.0738. The van der Waals surface area contributed by atoms with Crippen LogP contribution >= 0.6 is 0 Å². The number of hydrogen-bond acceptors (Lipinski definition) is 9. The van der Waals surface area contributed by atoms with E-state index in [9.17, 15) is 28.8 Å². The largest absolute Gasteiger partial charge is 0.665 e. The summed E-state index contributed by atoms with van der Waals surface area (Å²) in [5.74, 6) is -1.86. The standard InChI is InChI=1S/C18H35NO3.C14H26O4.C8H13NO3.C4H11N.C4H10N/c1-4-6-7-8-11-14-18(21)22-16-12-9-10-13-17(20)19(3)15-5-2;1-2-3-4-5-8-11-14(17)18-12-9-6-7-10-13(15)16;1-3-6-9(2)7(10)4-5-8(11)12;2*1-3-4-5-2/h4-16H2,1-3H3;2-12H2,1H3,(H,15,16);4-5H,3,6H2,1-2H3,(H,11,12);5H,3-4H2,1-2H3;3-4H2,1-2H3/q;;;;-1/p+1/b;;5-4+;;. The quantitative estimate of drug-likeness (QED) is 0.0272. The molecule has 0 unspecified atom stereocenters. The lowest BCUT2D eigenvalue weighted by Gasteiger charge is -2.15. The van der Waals surface area contributed by atoms with Crippen LogP contribution in [0.15, 0.2) is 12.2 Å². The number of likely N-dealkylation sites (N-methyl/N-ethyl adjacent to an activating group) is 1. The predicted molar refractivity (Wildman–Crippen MR) is 256 cm³/mol. The van der Waals surface area contributed by atoms with Crippen molar-refractivity contribution in [3.63, 3.8) is 0 Å². The minimum atomic E-state index is -1.10. The molecule has 0 saturated heterocycles. The van der Waals surface area contributed by atoms with Crippen molar-refractivity contribution < 1.29 is 48.5 Å². The van der Waals surface area contributed by atoms with Crippen LogP contribution in [-0.2, 0) is 38.2 Å². The molecule has 62 heavy (non-hydrogen) atoms. The summed E-state index contributed by atoms with van der Waals surface area (Å²) in [5.41, 5.74) is 0. The molecule has 0 aromatic rings. The Kier molecular flexibility index (Phi) is 62.6. The van der Waals surface area contributed by atoms with Crippen LogP contribution in [0, 0.1) is 0 Å². The van der Waals surface area contributed by atoms with Crippen LogP contribution in [0.2, 0.25) is 0 Å². The maximum Gasteiger partial charge on any atom is 0.515 e. The Morgan fingerprint density at radius 1 is 0.565 bits per heavy atom. The fourth-order valence-corrected chi connectivity index (χ4v) is 5.22. The summed E-state index contributed by atoms with van der Waals surface area (Å²) in [5, 5.41) is 21.8. The van der Waals surface area contributed by atoms with E-state index in [1.165, 1.54) is 56.3 Å². The second-order valence-electron chi connectivity index (χ2n) is 15.2. The van der Waals surface area contributed by atoms with Crippen LogP contribution in [0.1, 0.15) is 196 Å². The number of nitrogens with one attached hydrogen (secondary N) is 1. The number of carbonyl (C=O) groups is 6. The molecule has 0 fully saturated rings. The fourth-order valence-electron chi connectivity index (χ4n) is 5.22. The molecule has 0 aliphatic heterocycles. The Balaban J connectivity index is -0.000000242. The van der Waals surface area contributed by atoms with Crippen molar-refractivity contribution >= 4 is 35.7 Å². The van der Waals surface area contributed by atoms with Crippen molar-refractivity contribution in [2.45, 2.75) is 196 Å². The van der Waals surface area contributed by atoms with Gasteiger partial charge in [0.2, 0.25) is 11.8 Å². The number of amides is 2. The van der Waals surface area contributed by atoms with Gasteiger partial charge in [0.1, 0.15) is 6.42 Å². The summed E-state index contributed by atoms with van der Waals surface area (Å²) in [6.07, 6.45) is 24.6. The Bertz CT molecular complexity index is 1050. The lowest BCUT2D eigenvalue weighted by molar-refractivity contribution is -0.144. The molecule has 0 aromatic heterocycles. The average molecular weight is 889 g/mol. The molecule has 368 valence electrons. The molecule has 0 rings (SSSR count). The van der Waals surface area contributed by atoms with Crippen molar-refractivity contribution in [2.24, 2.45) is 0 Å². The SMILES string of the molecule is CCCCCCCC(=O)OCCCCCC(=O)N(C)CCC.CCCCCCCC(=O)OCCCCCC(=O)[OH2+].CCCN(C)C(=O)/C=C/C(=O)O.CCCNC.CCC[N-]C. The van der Waals surface area contributed by atoms with Gasteiger partial charge in [-0.25, -0.2) is 4.79 Å². The maximum absolute atomic E-state index is 11.7. The molecule has 0 radical (unpaired) electrons. The number of nitrogens with zero attached hydrogens (tertiary/aromatic N) is 3. The predicted octanol–water partition coefficient (Wildman–Crippen LogP) is 9.53. The minimum Gasteiger partial charge on any atom is -0.665 e. The Morgan fingerprint density at radius 3 is 1.35 bits per heavy atom. The molecule has 0 atom stereocenters. The number of rotatable bonds is 34. The van der Waals surface area contributed by atoms with Crippen LogP contribution in [-0.4, -0.2) is 123 Å². The molecule has 0 saturated carbocycles. The Labute approximate surface area is 379 Å². The zero-order chi connectivity index (χ0) is 48.1.